The molecule has 4 heteroatoms. The summed E-state index contributed by atoms with van der Waals surface area (Å²) in [6.45, 7) is 7.96. The topological polar surface area (TPSA) is 66.8 Å². The number of aliphatic hydroxyl groups is 2. The largest absolute Gasteiger partial charge is 0.493 e. The van der Waals surface area contributed by atoms with Crippen molar-refractivity contribution in [2.75, 3.05) is 6.61 Å². The fourth-order valence-electron chi connectivity index (χ4n) is 2.78. The van der Waals surface area contributed by atoms with E-state index in [1.807, 2.05) is 19.1 Å². The second kappa shape index (κ2) is 6.85. The Morgan fingerprint density at radius 3 is 2.87 bits per heavy atom. The van der Waals surface area contributed by atoms with Gasteiger partial charge in [0.2, 0.25) is 0 Å². The van der Waals surface area contributed by atoms with Crippen LogP contribution in [0.25, 0.3) is 0 Å². The van der Waals surface area contributed by atoms with E-state index in [9.17, 15) is 15.0 Å². The minimum atomic E-state index is -1.74. The lowest BCUT2D eigenvalue weighted by molar-refractivity contribution is -0.150. The Morgan fingerprint density at radius 1 is 1.52 bits per heavy atom. The summed E-state index contributed by atoms with van der Waals surface area (Å²) >= 11 is 0. The second-order valence-corrected chi connectivity index (χ2v) is 6.69. The molecule has 0 bridgehead atoms. The van der Waals surface area contributed by atoms with Gasteiger partial charge in [0.25, 0.3) is 0 Å². The third-order valence-electron chi connectivity index (χ3n) is 4.62. The molecule has 0 aromatic heterocycles. The first kappa shape index (κ1) is 17.7. The van der Waals surface area contributed by atoms with Crippen LogP contribution >= 0.6 is 0 Å². The average molecular weight is 318 g/mol. The third-order valence-corrected chi connectivity index (χ3v) is 4.62. The molecular weight excluding hydrogens is 292 g/mol. The summed E-state index contributed by atoms with van der Waals surface area (Å²) in [6.07, 6.45) is 9.17. The van der Waals surface area contributed by atoms with Crippen LogP contribution in [0.5, 0.6) is 0 Å². The molecule has 0 aromatic carbocycles. The minimum Gasteiger partial charge on any atom is -0.493 e. The van der Waals surface area contributed by atoms with Gasteiger partial charge in [-0.2, -0.15) is 0 Å². The molecule has 1 heterocycles. The van der Waals surface area contributed by atoms with Gasteiger partial charge in [-0.3, -0.25) is 4.79 Å². The first-order chi connectivity index (χ1) is 10.8. The predicted molar refractivity (Wildman–Crippen MR) is 89.6 cm³/mol. The SMILES string of the molecule is CC[C@H](C)/C=C(C)/C=C/C1=CC2=CC(=O)[C@](C)(O)[C@H](O)[C@H]2CO1. The van der Waals surface area contributed by atoms with Gasteiger partial charge in [0, 0.05) is 5.92 Å². The van der Waals surface area contributed by atoms with Gasteiger partial charge >= 0.3 is 0 Å². The minimum absolute atomic E-state index is 0.251. The van der Waals surface area contributed by atoms with Crippen molar-refractivity contribution in [1.29, 1.82) is 0 Å². The highest BCUT2D eigenvalue weighted by Crippen LogP contribution is 2.35. The average Bonchev–Trinajstić information content (AvgIpc) is 2.51. The number of carbonyl (C=O) groups excluding carboxylic acids is 1. The van der Waals surface area contributed by atoms with Gasteiger partial charge < -0.3 is 14.9 Å². The Bertz CT molecular complexity index is 592. The van der Waals surface area contributed by atoms with Gasteiger partial charge in [0.05, 0.1) is 12.7 Å². The standard InChI is InChI=1S/C19H26O4/c1-5-12(2)8-13(3)6-7-15-9-14-10-17(20)19(4,22)18(21)16(14)11-23-15/h6-10,12,16,18,21-22H,5,11H2,1-4H3/b7-6+,13-8+/t12-,16-,18+,19-/m0/s1. The number of aliphatic hydroxyl groups excluding tert-OH is 1. The van der Waals surface area contributed by atoms with Crippen molar-refractivity contribution >= 4 is 5.78 Å². The summed E-state index contributed by atoms with van der Waals surface area (Å²) < 4.78 is 5.65. The number of hydrogen-bond donors (Lipinski definition) is 2. The smallest absolute Gasteiger partial charge is 0.189 e. The maximum atomic E-state index is 11.9. The zero-order valence-corrected chi connectivity index (χ0v) is 14.2. The molecule has 0 radical (unpaired) electrons. The highest BCUT2D eigenvalue weighted by molar-refractivity contribution is 5.99. The fraction of sp³-hybridized carbons (Fsp3) is 0.526. The van der Waals surface area contributed by atoms with Crippen LogP contribution in [0.4, 0.5) is 0 Å². The summed E-state index contributed by atoms with van der Waals surface area (Å²) in [5.41, 5.74) is 0.125. The number of hydrogen-bond acceptors (Lipinski definition) is 4. The number of rotatable bonds is 4. The van der Waals surface area contributed by atoms with Crippen molar-refractivity contribution in [2.24, 2.45) is 11.8 Å². The summed E-state index contributed by atoms with van der Waals surface area (Å²) in [5.74, 6) is 0.342. The number of allylic oxidation sites excluding steroid dienone is 5. The molecule has 0 fully saturated rings. The van der Waals surface area contributed by atoms with Gasteiger partial charge in [-0.05, 0) is 43.6 Å². The molecule has 2 N–H and O–H groups in total. The number of ether oxygens (including phenoxy) is 1. The van der Waals surface area contributed by atoms with E-state index < -0.39 is 17.5 Å². The van der Waals surface area contributed by atoms with Crippen LogP contribution in [0.3, 0.4) is 0 Å². The zero-order valence-electron chi connectivity index (χ0n) is 14.2. The fourth-order valence-corrected chi connectivity index (χ4v) is 2.78. The van der Waals surface area contributed by atoms with Crippen LogP contribution in [-0.4, -0.2) is 34.3 Å². The van der Waals surface area contributed by atoms with Crippen molar-refractivity contribution in [3.8, 4) is 0 Å². The van der Waals surface area contributed by atoms with E-state index in [0.717, 1.165) is 12.0 Å². The van der Waals surface area contributed by atoms with E-state index >= 15 is 0 Å². The zero-order chi connectivity index (χ0) is 17.2. The Hall–Kier alpha value is -1.65. The highest BCUT2D eigenvalue weighted by Gasteiger charge is 2.47. The summed E-state index contributed by atoms with van der Waals surface area (Å²) in [5, 5.41) is 20.2. The first-order valence-corrected chi connectivity index (χ1v) is 8.13. The predicted octanol–water partition coefficient (Wildman–Crippen LogP) is 2.69. The molecule has 1 aliphatic heterocycles. The highest BCUT2D eigenvalue weighted by atomic mass is 16.5. The molecule has 2 rings (SSSR count). The number of ketones is 1. The Balaban J connectivity index is 2.18. The molecule has 126 valence electrons. The van der Waals surface area contributed by atoms with E-state index in [-0.39, 0.29) is 12.5 Å². The first-order valence-electron chi connectivity index (χ1n) is 8.13. The quantitative estimate of drug-likeness (QED) is 0.782. The van der Waals surface area contributed by atoms with E-state index in [1.165, 1.54) is 13.0 Å². The molecule has 0 unspecified atom stereocenters. The van der Waals surface area contributed by atoms with Gasteiger partial charge in [-0.25, -0.2) is 0 Å². The van der Waals surface area contributed by atoms with Crippen LogP contribution in [-0.2, 0) is 9.53 Å². The van der Waals surface area contributed by atoms with E-state index in [1.54, 1.807) is 6.08 Å². The van der Waals surface area contributed by atoms with E-state index in [2.05, 4.69) is 19.9 Å². The van der Waals surface area contributed by atoms with Crippen molar-refractivity contribution in [2.45, 2.75) is 45.8 Å². The van der Waals surface area contributed by atoms with Crippen molar-refractivity contribution in [1.82, 2.24) is 0 Å². The van der Waals surface area contributed by atoms with Gasteiger partial charge in [0.1, 0.15) is 5.76 Å². The van der Waals surface area contributed by atoms with Crippen LogP contribution in [0.15, 0.2) is 47.3 Å². The maximum absolute atomic E-state index is 11.9. The summed E-state index contributed by atoms with van der Waals surface area (Å²) in [6, 6.07) is 0. The molecule has 0 spiro atoms. The lowest BCUT2D eigenvalue weighted by atomic mass is 9.75. The van der Waals surface area contributed by atoms with Crippen LogP contribution in [0.1, 0.15) is 34.1 Å². The molecule has 0 saturated carbocycles. The molecule has 0 saturated heterocycles. The van der Waals surface area contributed by atoms with Gasteiger partial charge in [-0.15, -0.1) is 0 Å². The molecule has 4 nitrogen and oxygen atoms in total. The Kier molecular flexibility index (Phi) is 5.27. The lowest BCUT2D eigenvalue weighted by Crippen LogP contribution is -2.54. The third kappa shape index (κ3) is 3.82. The molecular formula is C19H26O4. The Morgan fingerprint density at radius 2 is 2.22 bits per heavy atom. The lowest BCUT2D eigenvalue weighted by Gasteiger charge is -2.39. The molecule has 0 amide bonds. The monoisotopic (exact) mass is 318 g/mol. The number of carbonyl (C=O) groups is 1. The van der Waals surface area contributed by atoms with E-state index in [4.69, 9.17) is 4.74 Å². The van der Waals surface area contributed by atoms with Crippen LogP contribution < -0.4 is 0 Å². The summed E-state index contributed by atoms with van der Waals surface area (Å²) in [4.78, 5) is 11.9. The van der Waals surface area contributed by atoms with Gasteiger partial charge in [-0.1, -0.05) is 38.0 Å². The summed E-state index contributed by atoms with van der Waals surface area (Å²) in [7, 11) is 0. The maximum Gasteiger partial charge on any atom is 0.189 e. The van der Waals surface area contributed by atoms with Crippen molar-refractivity contribution in [3.63, 3.8) is 0 Å². The molecule has 2 aliphatic rings. The Labute approximate surface area is 137 Å². The second-order valence-electron chi connectivity index (χ2n) is 6.69. The number of fused-ring (bicyclic) bond motifs is 1. The van der Waals surface area contributed by atoms with Gasteiger partial charge in [0.15, 0.2) is 11.4 Å². The van der Waals surface area contributed by atoms with Crippen molar-refractivity contribution in [3.05, 3.63) is 47.3 Å². The van der Waals surface area contributed by atoms with Crippen LogP contribution in [0, 0.1) is 11.8 Å². The van der Waals surface area contributed by atoms with Crippen LogP contribution in [0.2, 0.25) is 0 Å². The molecule has 23 heavy (non-hydrogen) atoms. The van der Waals surface area contributed by atoms with Crippen molar-refractivity contribution < 1.29 is 19.7 Å². The van der Waals surface area contributed by atoms with E-state index in [0.29, 0.717) is 17.3 Å². The normalized spacial score (nSPS) is 33.0. The molecule has 4 atom stereocenters. The molecule has 1 aliphatic carbocycles. The molecule has 0 aromatic rings.